The molecule has 0 bridgehead atoms. The highest BCUT2D eigenvalue weighted by Gasteiger charge is 2.27. The number of aryl methyl sites for hydroxylation is 1. The van der Waals surface area contributed by atoms with Crippen molar-refractivity contribution in [3.05, 3.63) is 68.4 Å². The first kappa shape index (κ1) is 15.7. The largest absolute Gasteiger partial charge is 0.292 e. The smallest absolute Gasteiger partial charge is 0.184 e. The fraction of sp³-hybridized carbons (Fsp3) is 0.125. The molecular formula is C16H10BrClFNO. The van der Waals surface area contributed by atoms with Crippen LogP contribution in [0.2, 0.25) is 5.02 Å². The summed E-state index contributed by atoms with van der Waals surface area (Å²) in [4.78, 5) is 12.5. The van der Waals surface area contributed by atoms with Crippen LogP contribution in [-0.4, -0.2) is 5.78 Å². The lowest BCUT2D eigenvalue weighted by Gasteiger charge is -2.12. The van der Waals surface area contributed by atoms with Crippen LogP contribution in [0.15, 0.2) is 40.9 Å². The fourth-order valence-electron chi connectivity index (χ4n) is 2.01. The zero-order chi connectivity index (χ0) is 15.6. The van der Waals surface area contributed by atoms with Crippen LogP contribution >= 0.6 is 27.5 Å². The molecule has 2 rings (SSSR count). The number of carbonyl (C=O) groups is 1. The maximum atomic E-state index is 13.9. The predicted octanol–water partition coefficient (Wildman–Crippen LogP) is 5.04. The molecular weight excluding hydrogens is 357 g/mol. The monoisotopic (exact) mass is 365 g/mol. The van der Waals surface area contributed by atoms with E-state index in [9.17, 15) is 14.4 Å². The molecule has 21 heavy (non-hydrogen) atoms. The van der Waals surface area contributed by atoms with Crippen LogP contribution in [0.1, 0.15) is 27.4 Å². The van der Waals surface area contributed by atoms with E-state index in [2.05, 4.69) is 15.9 Å². The Labute approximate surface area is 135 Å². The SMILES string of the molecule is Cc1cc(C(=O)C(C#N)c2c(F)cccc2Cl)ccc1Br. The summed E-state index contributed by atoms with van der Waals surface area (Å²) in [6.07, 6.45) is 0. The number of rotatable bonds is 3. The van der Waals surface area contributed by atoms with Crippen molar-refractivity contribution in [2.75, 3.05) is 0 Å². The van der Waals surface area contributed by atoms with Crippen LogP contribution in [0.3, 0.4) is 0 Å². The molecule has 0 saturated heterocycles. The van der Waals surface area contributed by atoms with E-state index in [0.29, 0.717) is 5.56 Å². The zero-order valence-electron chi connectivity index (χ0n) is 11.0. The molecule has 0 amide bonds. The first-order chi connectivity index (χ1) is 9.95. The average Bonchev–Trinajstić information content (AvgIpc) is 2.45. The third kappa shape index (κ3) is 3.15. The Hall–Kier alpha value is -1.70. The van der Waals surface area contributed by atoms with E-state index in [1.54, 1.807) is 18.2 Å². The van der Waals surface area contributed by atoms with Gasteiger partial charge in [0.1, 0.15) is 11.7 Å². The second-order valence-corrected chi connectivity index (χ2v) is 5.79. The molecule has 0 aliphatic heterocycles. The topological polar surface area (TPSA) is 40.9 Å². The number of benzene rings is 2. The van der Waals surface area contributed by atoms with Crippen molar-refractivity contribution in [2.45, 2.75) is 12.8 Å². The van der Waals surface area contributed by atoms with Gasteiger partial charge in [-0.1, -0.05) is 39.7 Å². The van der Waals surface area contributed by atoms with E-state index < -0.39 is 17.5 Å². The summed E-state index contributed by atoms with van der Waals surface area (Å²) in [6.45, 7) is 1.83. The average molecular weight is 367 g/mol. The minimum Gasteiger partial charge on any atom is -0.292 e. The van der Waals surface area contributed by atoms with Gasteiger partial charge in [0, 0.05) is 20.6 Å². The molecule has 0 saturated carbocycles. The van der Waals surface area contributed by atoms with Crippen molar-refractivity contribution in [1.82, 2.24) is 0 Å². The normalized spacial score (nSPS) is 11.8. The molecule has 0 spiro atoms. The molecule has 0 N–H and O–H groups in total. The molecule has 0 heterocycles. The summed E-state index contributed by atoms with van der Waals surface area (Å²) in [5, 5.41) is 9.35. The predicted molar refractivity (Wildman–Crippen MR) is 83.0 cm³/mol. The van der Waals surface area contributed by atoms with Crippen LogP contribution in [0.5, 0.6) is 0 Å². The first-order valence-corrected chi connectivity index (χ1v) is 7.26. The van der Waals surface area contributed by atoms with Gasteiger partial charge in [-0.05, 0) is 36.8 Å². The van der Waals surface area contributed by atoms with E-state index in [1.165, 1.54) is 18.2 Å². The third-order valence-corrected chi connectivity index (χ3v) is 4.34. The number of hydrogen-bond acceptors (Lipinski definition) is 2. The van der Waals surface area contributed by atoms with Crippen molar-refractivity contribution in [2.24, 2.45) is 0 Å². The van der Waals surface area contributed by atoms with Gasteiger partial charge in [-0.2, -0.15) is 5.26 Å². The minimum absolute atomic E-state index is 0.0729. The van der Waals surface area contributed by atoms with Crippen molar-refractivity contribution >= 4 is 33.3 Å². The molecule has 0 aromatic heterocycles. The Kier molecular flexibility index (Phi) is 4.76. The van der Waals surface area contributed by atoms with Crippen molar-refractivity contribution in [3.63, 3.8) is 0 Å². The van der Waals surface area contributed by atoms with Crippen LogP contribution in [0.4, 0.5) is 4.39 Å². The van der Waals surface area contributed by atoms with Crippen LogP contribution in [0, 0.1) is 24.1 Å². The number of hydrogen-bond donors (Lipinski definition) is 0. The van der Waals surface area contributed by atoms with Crippen LogP contribution < -0.4 is 0 Å². The number of ketones is 1. The van der Waals surface area contributed by atoms with Crippen molar-refractivity contribution in [3.8, 4) is 6.07 Å². The van der Waals surface area contributed by atoms with Gasteiger partial charge in [0.15, 0.2) is 5.78 Å². The Morgan fingerprint density at radius 1 is 1.38 bits per heavy atom. The summed E-state index contributed by atoms with van der Waals surface area (Å²) >= 11 is 9.28. The lowest BCUT2D eigenvalue weighted by Crippen LogP contribution is -2.13. The summed E-state index contributed by atoms with van der Waals surface area (Å²) in [5.74, 6) is -2.39. The number of carbonyl (C=O) groups excluding carboxylic acids is 1. The lowest BCUT2D eigenvalue weighted by molar-refractivity contribution is 0.0977. The molecule has 0 radical (unpaired) electrons. The Morgan fingerprint density at radius 3 is 2.67 bits per heavy atom. The van der Waals surface area contributed by atoms with Crippen LogP contribution in [0.25, 0.3) is 0 Å². The van der Waals surface area contributed by atoms with Gasteiger partial charge >= 0.3 is 0 Å². The Bertz CT molecular complexity index is 734. The lowest BCUT2D eigenvalue weighted by atomic mass is 9.91. The molecule has 1 unspecified atom stereocenters. The molecule has 2 aromatic rings. The highest BCUT2D eigenvalue weighted by Crippen LogP contribution is 2.30. The minimum atomic E-state index is -1.26. The van der Waals surface area contributed by atoms with E-state index >= 15 is 0 Å². The Balaban J connectivity index is 2.49. The van der Waals surface area contributed by atoms with E-state index in [1.807, 2.05) is 13.0 Å². The molecule has 1 atom stereocenters. The molecule has 2 nitrogen and oxygen atoms in total. The van der Waals surface area contributed by atoms with Gasteiger partial charge in [0.05, 0.1) is 6.07 Å². The summed E-state index contributed by atoms with van der Waals surface area (Å²) in [7, 11) is 0. The number of nitriles is 1. The number of nitrogens with zero attached hydrogens (tertiary/aromatic N) is 1. The van der Waals surface area contributed by atoms with Crippen LogP contribution in [-0.2, 0) is 0 Å². The van der Waals surface area contributed by atoms with Gasteiger partial charge in [-0.25, -0.2) is 4.39 Å². The summed E-state index contributed by atoms with van der Waals surface area (Å²) in [6, 6.07) is 10.9. The van der Waals surface area contributed by atoms with Crippen molar-refractivity contribution in [1.29, 1.82) is 5.26 Å². The molecule has 2 aromatic carbocycles. The van der Waals surface area contributed by atoms with Gasteiger partial charge < -0.3 is 0 Å². The molecule has 0 aliphatic rings. The standard InChI is InChI=1S/C16H10BrClFNO/c1-9-7-10(5-6-12(9)17)16(21)11(8-20)15-13(18)3-2-4-14(15)19/h2-7,11H,1H3. The van der Waals surface area contributed by atoms with E-state index in [0.717, 1.165) is 10.0 Å². The second kappa shape index (κ2) is 6.38. The third-order valence-electron chi connectivity index (χ3n) is 3.12. The molecule has 0 aliphatic carbocycles. The zero-order valence-corrected chi connectivity index (χ0v) is 13.4. The second-order valence-electron chi connectivity index (χ2n) is 4.53. The fourth-order valence-corrected chi connectivity index (χ4v) is 2.52. The van der Waals surface area contributed by atoms with Gasteiger partial charge in [-0.3, -0.25) is 4.79 Å². The molecule has 0 fully saturated rings. The molecule has 106 valence electrons. The van der Waals surface area contributed by atoms with Gasteiger partial charge in [-0.15, -0.1) is 0 Å². The summed E-state index contributed by atoms with van der Waals surface area (Å²) in [5.41, 5.74) is 1.13. The number of halogens is 3. The molecule has 5 heteroatoms. The quantitative estimate of drug-likeness (QED) is 0.714. The van der Waals surface area contributed by atoms with E-state index in [4.69, 9.17) is 11.6 Å². The maximum absolute atomic E-state index is 13.9. The highest BCUT2D eigenvalue weighted by atomic mass is 79.9. The van der Waals surface area contributed by atoms with Gasteiger partial charge in [0.25, 0.3) is 0 Å². The Morgan fingerprint density at radius 2 is 2.10 bits per heavy atom. The number of Topliss-reactive ketones (excluding diaryl/α,β-unsaturated/α-hetero) is 1. The maximum Gasteiger partial charge on any atom is 0.184 e. The van der Waals surface area contributed by atoms with Gasteiger partial charge in [0.2, 0.25) is 0 Å². The highest BCUT2D eigenvalue weighted by molar-refractivity contribution is 9.10. The first-order valence-electron chi connectivity index (χ1n) is 6.09. The van der Waals surface area contributed by atoms with E-state index in [-0.39, 0.29) is 10.6 Å². The summed E-state index contributed by atoms with van der Waals surface area (Å²) < 4.78 is 14.8. The van der Waals surface area contributed by atoms with Crippen molar-refractivity contribution < 1.29 is 9.18 Å².